The van der Waals surface area contributed by atoms with Gasteiger partial charge in [0.25, 0.3) is 0 Å². The number of fused-ring (bicyclic) bond motifs is 7. The molecule has 61 heavy (non-hydrogen) atoms. The summed E-state index contributed by atoms with van der Waals surface area (Å²) < 4.78 is 6.95. The molecule has 1 aliphatic rings. The van der Waals surface area contributed by atoms with Crippen LogP contribution in [0.15, 0.2) is 235 Å². The summed E-state index contributed by atoms with van der Waals surface area (Å²) in [5.41, 5.74) is 14.9. The molecule has 286 valence electrons. The minimum Gasteiger partial charge on any atom is -0.452 e. The van der Waals surface area contributed by atoms with Crippen LogP contribution in [-0.2, 0) is 5.41 Å². The highest BCUT2D eigenvalue weighted by molar-refractivity contribution is 6.13. The molecule has 11 aromatic rings. The maximum absolute atomic E-state index is 6.95. The van der Waals surface area contributed by atoms with Crippen molar-refractivity contribution in [3.05, 3.63) is 253 Å². The maximum Gasteiger partial charge on any atom is 0.181 e. The zero-order chi connectivity index (χ0) is 40.3. The largest absolute Gasteiger partial charge is 0.452 e. The third-order valence-corrected chi connectivity index (χ3v) is 12.6. The number of anilines is 3. The smallest absolute Gasteiger partial charge is 0.181 e. The summed E-state index contributed by atoms with van der Waals surface area (Å²) in [5.74, 6) is 0.728. The van der Waals surface area contributed by atoms with E-state index in [0.717, 1.165) is 61.2 Å². The molecule has 9 aromatic carbocycles. The highest BCUT2D eigenvalue weighted by Gasteiger charge is 2.47. The van der Waals surface area contributed by atoms with Crippen LogP contribution in [0.2, 0.25) is 0 Å². The first-order valence-electron chi connectivity index (χ1n) is 20.9. The molecule has 12 rings (SSSR count). The van der Waals surface area contributed by atoms with Gasteiger partial charge in [0.15, 0.2) is 11.4 Å². The first-order chi connectivity index (χ1) is 30.3. The Morgan fingerprint density at radius 2 is 0.984 bits per heavy atom. The van der Waals surface area contributed by atoms with E-state index in [1.807, 2.05) is 6.20 Å². The van der Waals surface area contributed by atoms with Crippen LogP contribution >= 0.6 is 0 Å². The number of nitrogens with zero attached hydrogens (tertiary/aromatic N) is 2. The van der Waals surface area contributed by atoms with Gasteiger partial charge in [-0.15, -0.1) is 0 Å². The molecule has 0 fully saturated rings. The molecular weight excluding hydrogens is 741 g/mol. The molecule has 1 aliphatic carbocycles. The molecule has 3 nitrogen and oxygen atoms in total. The van der Waals surface area contributed by atoms with E-state index in [1.165, 1.54) is 44.3 Å². The molecule has 0 N–H and O–H groups in total. The Bertz CT molecular complexity index is 3350. The van der Waals surface area contributed by atoms with Crippen LogP contribution in [0.1, 0.15) is 22.3 Å². The van der Waals surface area contributed by atoms with Gasteiger partial charge in [-0.05, 0) is 103 Å². The lowest BCUT2D eigenvalue weighted by Crippen LogP contribution is -2.28. The monoisotopic (exact) mass is 778 g/mol. The zero-order valence-electron chi connectivity index (χ0n) is 33.2. The standard InChI is InChI=1S/C58H38N2O/c1-5-17-39(18-6-1)40-29-31-46(32-30-40)60(57-56-48(33-34-59-57)51-35-42-21-13-14-22-43(42)36-55(51)61-56)54-38-50-47-27-15-16-28-52(47)58(44-23-9-3-10-24-44,45-25-11-4-12-26-45)53(50)37-49(54)41-19-7-2-8-20-41/h1-38H. The number of rotatable bonds is 7. The highest BCUT2D eigenvalue weighted by atomic mass is 16.3. The fourth-order valence-corrected chi connectivity index (χ4v) is 9.85. The van der Waals surface area contributed by atoms with Crippen molar-refractivity contribution in [2.75, 3.05) is 4.90 Å². The van der Waals surface area contributed by atoms with Gasteiger partial charge < -0.3 is 4.42 Å². The quantitative estimate of drug-likeness (QED) is 0.161. The summed E-state index contributed by atoms with van der Waals surface area (Å²) in [6.07, 6.45) is 1.92. The first-order valence-corrected chi connectivity index (χ1v) is 20.9. The average Bonchev–Trinajstić information content (AvgIpc) is 3.85. The molecule has 2 aromatic heterocycles. The van der Waals surface area contributed by atoms with Crippen molar-refractivity contribution in [1.82, 2.24) is 4.98 Å². The van der Waals surface area contributed by atoms with Crippen LogP contribution < -0.4 is 4.90 Å². The van der Waals surface area contributed by atoms with Gasteiger partial charge in [-0.1, -0.05) is 182 Å². The van der Waals surface area contributed by atoms with Gasteiger partial charge in [0.1, 0.15) is 5.58 Å². The predicted octanol–water partition coefficient (Wildman–Crippen LogP) is 15.3. The van der Waals surface area contributed by atoms with Crippen molar-refractivity contribution in [2.24, 2.45) is 0 Å². The molecule has 0 bridgehead atoms. The first kappa shape index (κ1) is 35.0. The van der Waals surface area contributed by atoms with Gasteiger partial charge >= 0.3 is 0 Å². The number of pyridine rings is 1. The van der Waals surface area contributed by atoms with Crippen molar-refractivity contribution in [3.63, 3.8) is 0 Å². The molecular formula is C58H38N2O. The van der Waals surface area contributed by atoms with Gasteiger partial charge in [-0.3, -0.25) is 4.90 Å². The minimum absolute atomic E-state index is 0.558. The van der Waals surface area contributed by atoms with Crippen LogP contribution in [0, 0.1) is 0 Å². The van der Waals surface area contributed by atoms with Gasteiger partial charge in [0.2, 0.25) is 0 Å². The molecule has 0 saturated carbocycles. The second-order valence-corrected chi connectivity index (χ2v) is 15.9. The van der Waals surface area contributed by atoms with Crippen molar-refractivity contribution < 1.29 is 4.42 Å². The Balaban J connectivity index is 1.18. The van der Waals surface area contributed by atoms with Gasteiger partial charge in [0.05, 0.1) is 11.1 Å². The Labute approximate surface area is 354 Å². The summed E-state index contributed by atoms with van der Waals surface area (Å²) in [4.78, 5) is 7.55. The van der Waals surface area contributed by atoms with Gasteiger partial charge in [0, 0.05) is 28.2 Å². The van der Waals surface area contributed by atoms with Crippen LogP contribution in [0.4, 0.5) is 17.2 Å². The van der Waals surface area contributed by atoms with E-state index in [4.69, 9.17) is 9.40 Å². The van der Waals surface area contributed by atoms with E-state index in [0.29, 0.717) is 0 Å². The number of benzene rings is 9. The maximum atomic E-state index is 6.95. The Morgan fingerprint density at radius 1 is 0.410 bits per heavy atom. The van der Waals surface area contributed by atoms with Gasteiger partial charge in [-0.25, -0.2) is 4.98 Å². The molecule has 0 atom stereocenters. The molecule has 0 unspecified atom stereocenters. The molecule has 0 spiro atoms. The van der Waals surface area contributed by atoms with E-state index in [-0.39, 0.29) is 0 Å². The summed E-state index contributed by atoms with van der Waals surface area (Å²) in [6.45, 7) is 0. The lowest BCUT2D eigenvalue weighted by molar-refractivity contribution is 0.667. The molecule has 3 heteroatoms. The summed E-state index contributed by atoms with van der Waals surface area (Å²) >= 11 is 0. The Morgan fingerprint density at radius 3 is 1.67 bits per heavy atom. The molecule has 0 aliphatic heterocycles. The summed E-state index contributed by atoms with van der Waals surface area (Å²) in [6, 6.07) is 81.0. The van der Waals surface area contributed by atoms with E-state index >= 15 is 0 Å². The topological polar surface area (TPSA) is 29.3 Å². The number of aromatic nitrogens is 1. The second kappa shape index (κ2) is 14.1. The molecule has 2 heterocycles. The fraction of sp³-hybridized carbons (Fsp3) is 0.0172. The van der Waals surface area contributed by atoms with Crippen molar-refractivity contribution in [2.45, 2.75) is 5.41 Å². The van der Waals surface area contributed by atoms with E-state index in [2.05, 4.69) is 229 Å². The minimum atomic E-state index is -0.558. The highest BCUT2D eigenvalue weighted by Crippen LogP contribution is 2.59. The van der Waals surface area contributed by atoms with Gasteiger partial charge in [-0.2, -0.15) is 0 Å². The van der Waals surface area contributed by atoms with E-state index < -0.39 is 5.41 Å². The van der Waals surface area contributed by atoms with Crippen LogP contribution in [-0.4, -0.2) is 4.98 Å². The average molecular weight is 779 g/mol. The van der Waals surface area contributed by atoms with E-state index in [9.17, 15) is 0 Å². The summed E-state index contributed by atoms with van der Waals surface area (Å²) in [7, 11) is 0. The Kier molecular flexibility index (Phi) is 8.07. The van der Waals surface area contributed by atoms with Crippen molar-refractivity contribution in [1.29, 1.82) is 0 Å². The third kappa shape index (κ3) is 5.48. The van der Waals surface area contributed by atoms with Crippen molar-refractivity contribution in [3.8, 4) is 33.4 Å². The van der Waals surface area contributed by atoms with Crippen LogP contribution in [0.3, 0.4) is 0 Å². The van der Waals surface area contributed by atoms with Crippen LogP contribution in [0.25, 0.3) is 66.1 Å². The lowest BCUT2D eigenvalue weighted by atomic mass is 9.67. The number of hydrogen-bond donors (Lipinski definition) is 0. The van der Waals surface area contributed by atoms with Crippen LogP contribution in [0.5, 0.6) is 0 Å². The predicted molar refractivity (Wildman–Crippen MR) is 252 cm³/mol. The molecule has 0 amide bonds. The Hall–Kier alpha value is -8.01. The summed E-state index contributed by atoms with van der Waals surface area (Å²) in [5, 5.41) is 4.41. The third-order valence-electron chi connectivity index (χ3n) is 12.6. The number of furan rings is 1. The lowest BCUT2D eigenvalue weighted by Gasteiger charge is -2.35. The zero-order valence-corrected chi connectivity index (χ0v) is 33.2. The fourth-order valence-electron chi connectivity index (χ4n) is 9.85. The normalized spacial score (nSPS) is 12.7. The molecule has 0 saturated heterocycles. The van der Waals surface area contributed by atoms with Crippen molar-refractivity contribution >= 4 is 49.9 Å². The number of hydrogen-bond acceptors (Lipinski definition) is 3. The second-order valence-electron chi connectivity index (χ2n) is 15.9. The molecule has 0 radical (unpaired) electrons. The SMILES string of the molecule is c1ccc(-c2ccc(N(c3cc4c(cc3-c3ccccc3)C(c3ccccc3)(c3ccccc3)c3ccccc3-4)c3nccc4c3oc3cc5ccccc5cc34)cc2)cc1. The van der Waals surface area contributed by atoms with E-state index in [1.54, 1.807) is 0 Å².